The van der Waals surface area contributed by atoms with Crippen LogP contribution in [-0.4, -0.2) is 33.9 Å². The molecule has 0 fully saturated rings. The van der Waals surface area contributed by atoms with Crippen LogP contribution in [0, 0.1) is 10.1 Å². The van der Waals surface area contributed by atoms with Crippen molar-refractivity contribution in [3.05, 3.63) is 74.4 Å². The van der Waals surface area contributed by atoms with Crippen molar-refractivity contribution in [1.82, 2.24) is 9.78 Å². The minimum Gasteiger partial charge on any atom is -0.496 e. The molecule has 2 aromatic carbocycles. The Kier molecular flexibility index (Phi) is 6.21. The molecule has 2 atom stereocenters. The first-order valence-electron chi connectivity index (χ1n) is 9.88. The number of nitro benzene ring substituents is 1. The van der Waals surface area contributed by atoms with Crippen LogP contribution in [0.3, 0.4) is 0 Å². The van der Waals surface area contributed by atoms with Crippen molar-refractivity contribution in [3.8, 4) is 5.75 Å². The fourth-order valence-corrected chi connectivity index (χ4v) is 3.94. The van der Waals surface area contributed by atoms with E-state index in [2.05, 4.69) is 31.7 Å². The Labute approximate surface area is 199 Å². The van der Waals surface area contributed by atoms with Crippen LogP contribution >= 0.6 is 15.9 Å². The number of nitrogens with one attached hydrogen (secondary N) is 2. The highest BCUT2D eigenvalue weighted by molar-refractivity contribution is 9.10. The molecule has 1 aromatic heterocycles. The highest BCUT2D eigenvalue weighted by Crippen LogP contribution is 2.43. The van der Waals surface area contributed by atoms with Gasteiger partial charge in [-0.05, 0) is 17.7 Å². The summed E-state index contributed by atoms with van der Waals surface area (Å²) < 4.78 is 48.1. The third-order valence-corrected chi connectivity index (χ3v) is 5.82. The van der Waals surface area contributed by atoms with E-state index in [0.29, 0.717) is 5.56 Å². The molecule has 3 aromatic rings. The van der Waals surface area contributed by atoms with E-state index >= 15 is 0 Å². The zero-order valence-corrected chi connectivity index (χ0v) is 19.1. The molecule has 0 unspecified atom stereocenters. The average molecular weight is 540 g/mol. The van der Waals surface area contributed by atoms with Crippen LogP contribution in [0.5, 0.6) is 5.75 Å². The maximum atomic E-state index is 13.9. The number of alkyl halides is 3. The fraction of sp³-hybridized carbons (Fsp3) is 0.238. The summed E-state index contributed by atoms with van der Waals surface area (Å²) in [4.78, 5) is 23.2. The molecule has 2 N–H and O–H groups in total. The van der Waals surface area contributed by atoms with Gasteiger partial charge in [-0.3, -0.25) is 14.9 Å². The van der Waals surface area contributed by atoms with Gasteiger partial charge in [0.05, 0.1) is 29.8 Å². The van der Waals surface area contributed by atoms with Crippen molar-refractivity contribution in [3.63, 3.8) is 0 Å². The number of non-ortho nitro benzene ring substituents is 1. The average Bonchev–Trinajstić information content (AvgIpc) is 3.22. The molecule has 0 aliphatic carbocycles. The lowest BCUT2D eigenvalue weighted by Gasteiger charge is -2.33. The van der Waals surface area contributed by atoms with Crippen molar-refractivity contribution in [2.75, 3.05) is 17.7 Å². The number of aromatic nitrogens is 2. The Morgan fingerprint density at radius 1 is 1.26 bits per heavy atom. The number of benzene rings is 2. The highest BCUT2D eigenvalue weighted by atomic mass is 79.9. The number of fused-ring (bicyclic) bond motifs is 1. The summed E-state index contributed by atoms with van der Waals surface area (Å²) in [5.41, 5.74) is 0.0864. The summed E-state index contributed by atoms with van der Waals surface area (Å²) >= 11 is 3.30. The smallest absolute Gasteiger partial charge is 0.410 e. The van der Waals surface area contributed by atoms with E-state index in [4.69, 9.17) is 4.74 Å². The fourth-order valence-electron chi connectivity index (χ4n) is 3.67. The van der Waals surface area contributed by atoms with Gasteiger partial charge in [-0.2, -0.15) is 18.3 Å². The summed E-state index contributed by atoms with van der Waals surface area (Å²) in [6.07, 6.45) is -4.92. The quantitative estimate of drug-likeness (QED) is 0.328. The van der Waals surface area contributed by atoms with Gasteiger partial charge in [-0.1, -0.05) is 28.1 Å². The number of nitrogens with zero attached hydrogens (tertiary/aromatic N) is 3. The normalized spacial score (nSPS) is 17.4. The van der Waals surface area contributed by atoms with Gasteiger partial charge in [0.25, 0.3) is 11.6 Å². The molecule has 4 rings (SSSR count). The summed E-state index contributed by atoms with van der Waals surface area (Å²) in [5.74, 6) is -0.666. The number of ether oxygens (including phenoxy) is 1. The second-order valence-electron chi connectivity index (χ2n) is 7.53. The Morgan fingerprint density at radius 2 is 1.97 bits per heavy atom. The van der Waals surface area contributed by atoms with Gasteiger partial charge in [-0.25, -0.2) is 4.68 Å². The summed E-state index contributed by atoms with van der Waals surface area (Å²) in [5, 5.41) is 20.4. The summed E-state index contributed by atoms with van der Waals surface area (Å²) in [7, 11) is 1.30. The van der Waals surface area contributed by atoms with Gasteiger partial charge in [0.15, 0.2) is 11.7 Å². The molecule has 0 spiro atoms. The van der Waals surface area contributed by atoms with Crippen LogP contribution in [0.15, 0.2) is 53.0 Å². The number of rotatable bonds is 5. The van der Waals surface area contributed by atoms with Gasteiger partial charge < -0.3 is 15.4 Å². The van der Waals surface area contributed by atoms with Gasteiger partial charge in [-0.15, -0.1) is 0 Å². The third-order valence-electron chi connectivity index (χ3n) is 5.29. The standard InChI is InChI=1S/C21H17BrF3N5O4/c1-34-15-7-13(6-14(8-15)30(32)33)26-20(31)17-10-19-27-16(11-2-4-12(22)5-3-11)9-18(21(23,24)25)29(19)28-17/h2-8,10,16,18,27H,9H2,1H3,(H,26,31)/t16-,18-/m0/s1. The molecule has 34 heavy (non-hydrogen) atoms. The van der Waals surface area contributed by atoms with Crippen LogP contribution < -0.4 is 15.4 Å². The Bertz CT molecular complexity index is 1250. The molecule has 9 nitrogen and oxygen atoms in total. The second kappa shape index (κ2) is 8.97. The van der Waals surface area contributed by atoms with Crippen molar-refractivity contribution in [2.24, 2.45) is 0 Å². The molecule has 178 valence electrons. The van der Waals surface area contributed by atoms with Crippen LogP contribution in [0.1, 0.15) is 34.6 Å². The molecule has 1 aliphatic heterocycles. The monoisotopic (exact) mass is 539 g/mol. The maximum absolute atomic E-state index is 13.9. The zero-order valence-electron chi connectivity index (χ0n) is 17.5. The van der Waals surface area contributed by atoms with E-state index in [1.807, 2.05) is 0 Å². The number of anilines is 2. The minimum absolute atomic E-state index is 0.0308. The topological polar surface area (TPSA) is 111 Å². The summed E-state index contributed by atoms with van der Waals surface area (Å²) in [6, 6.07) is 9.14. The molecule has 1 aliphatic rings. The SMILES string of the molecule is COc1cc(NC(=O)c2cc3n(n2)[C@H](C(F)(F)F)C[C@@H](c2ccc(Br)cc2)N3)cc([N+](=O)[O-])c1. The van der Waals surface area contributed by atoms with Crippen molar-refractivity contribution in [2.45, 2.75) is 24.7 Å². The van der Waals surface area contributed by atoms with Gasteiger partial charge >= 0.3 is 6.18 Å². The number of nitro groups is 1. The van der Waals surface area contributed by atoms with E-state index in [-0.39, 0.29) is 35.1 Å². The molecule has 0 saturated carbocycles. The molecule has 0 bridgehead atoms. The predicted molar refractivity (Wildman–Crippen MR) is 120 cm³/mol. The first-order valence-corrected chi connectivity index (χ1v) is 10.7. The number of amides is 1. The van der Waals surface area contributed by atoms with Crippen molar-refractivity contribution < 1.29 is 27.6 Å². The number of hydrogen-bond acceptors (Lipinski definition) is 6. The van der Waals surface area contributed by atoms with E-state index < -0.39 is 29.1 Å². The zero-order chi connectivity index (χ0) is 24.6. The lowest BCUT2D eigenvalue weighted by Crippen LogP contribution is -2.35. The Hall–Kier alpha value is -3.61. The largest absolute Gasteiger partial charge is 0.496 e. The Morgan fingerprint density at radius 3 is 2.59 bits per heavy atom. The minimum atomic E-state index is -4.60. The first-order chi connectivity index (χ1) is 16.0. The van der Waals surface area contributed by atoms with E-state index in [0.717, 1.165) is 15.2 Å². The van der Waals surface area contributed by atoms with Crippen molar-refractivity contribution in [1.29, 1.82) is 0 Å². The number of halogens is 4. The van der Waals surface area contributed by atoms with E-state index in [1.165, 1.54) is 25.3 Å². The highest BCUT2D eigenvalue weighted by Gasteiger charge is 2.46. The third kappa shape index (κ3) is 4.83. The first kappa shape index (κ1) is 23.5. The van der Waals surface area contributed by atoms with Crippen molar-refractivity contribution >= 4 is 39.0 Å². The van der Waals surface area contributed by atoms with Crippen LogP contribution in [-0.2, 0) is 0 Å². The Balaban J connectivity index is 1.64. The van der Waals surface area contributed by atoms with Gasteiger partial charge in [0.1, 0.15) is 11.6 Å². The summed E-state index contributed by atoms with van der Waals surface area (Å²) in [6.45, 7) is 0. The molecule has 0 radical (unpaired) electrons. The lowest BCUT2D eigenvalue weighted by atomic mass is 9.97. The number of carbonyl (C=O) groups is 1. The number of hydrogen-bond donors (Lipinski definition) is 2. The molecular weight excluding hydrogens is 523 g/mol. The van der Waals surface area contributed by atoms with E-state index in [9.17, 15) is 28.1 Å². The number of carbonyl (C=O) groups excluding carboxylic acids is 1. The molecular formula is C21H17BrF3N5O4. The molecule has 0 saturated heterocycles. The molecule has 1 amide bonds. The van der Waals surface area contributed by atoms with Crippen LogP contribution in [0.4, 0.5) is 30.4 Å². The van der Waals surface area contributed by atoms with Gasteiger partial charge in [0.2, 0.25) is 0 Å². The maximum Gasteiger partial charge on any atom is 0.410 e. The van der Waals surface area contributed by atoms with E-state index in [1.54, 1.807) is 24.3 Å². The molecule has 2 heterocycles. The lowest BCUT2D eigenvalue weighted by molar-refractivity contribution is -0.384. The molecule has 13 heteroatoms. The predicted octanol–water partition coefficient (Wildman–Crippen LogP) is 5.48. The second-order valence-corrected chi connectivity index (χ2v) is 8.45. The van der Waals surface area contributed by atoms with Crippen LogP contribution in [0.2, 0.25) is 0 Å². The van der Waals surface area contributed by atoms with Crippen LogP contribution in [0.25, 0.3) is 0 Å². The van der Waals surface area contributed by atoms with Gasteiger partial charge in [0, 0.05) is 29.1 Å². The number of methoxy groups -OCH3 is 1.